The number of halogens is 1. The molecule has 0 saturated heterocycles. The van der Waals surface area contributed by atoms with Crippen molar-refractivity contribution in [3.05, 3.63) is 17.0 Å². The molecule has 0 unspecified atom stereocenters. The number of aliphatic hydroxyl groups is 1. The molecular formula is C8H11ClN2O3. The minimum absolute atomic E-state index is 0.0682. The first-order valence-corrected chi connectivity index (χ1v) is 4.40. The second kappa shape index (κ2) is 5.74. The molecule has 0 aromatic carbocycles. The number of hydrogen-bond acceptors (Lipinski definition) is 5. The fourth-order valence-corrected chi connectivity index (χ4v) is 1.05. The summed E-state index contributed by atoms with van der Waals surface area (Å²) in [5, 5.41) is 8.84. The van der Waals surface area contributed by atoms with Gasteiger partial charge in [0.25, 0.3) is 0 Å². The zero-order valence-corrected chi connectivity index (χ0v) is 8.49. The topological polar surface area (TPSA) is 64.5 Å². The van der Waals surface area contributed by atoms with Gasteiger partial charge in [0.15, 0.2) is 5.82 Å². The summed E-state index contributed by atoms with van der Waals surface area (Å²) in [4.78, 5) is 7.93. The average molecular weight is 219 g/mol. The quantitative estimate of drug-likeness (QED) is 0.736. The van der Waals surface area contributed by atoms with Gasteiger partial charge in [0.2, 0.25) is 5.88 Å². The summed E-state index contributed by atoms with van der Waals surface area (Å²) in [5.41, 5.74) is 0. The smallest absolute Gasteiger partial charge is 0.218 e. The number of ether oxygens (including phenoxy) is 2. The van der Waals surface area contributed by atoms with E-state index < -0.39 is 0 Å². The second-order valence-electron chi connectivity index (χ2n) is 2.45. The molecule has 1 N–H and O–H groups in total. The number of nitrogens with zero attached hydrogens (tertiary/aromatic N) is 2. The Balaban J connectivity index is 2.73. The van der Waals surface area contributed by atoms with Crippen molar-refractivity contribution in [3.63, 3.8) is 0 Å². The van der Waals surface area contributed by atoms with E-state index in [0.29, 0.717) is 16.9 Å². The first-order valence-electron chi connectivity index (χ1n) is 4.02. The molecule has 1 aromatic rings. The van der Waals surface area contributed by atoms with Gasteiger partial charge in [-0.1, -0.05) is 11.6 Å². The molecule has 5 nitrogen and oxygen atoms in total. The standard InChI is InChI=1S/C8H11ClN2O3/c1-13-5-7-10-6(9)4-8(11-7)14-3-2-12/h4,12H,2-3,5H2,1H3. The summed E-state index contributed by atoms with van der Waals surface area (Å²) in [7, 11) is 1.54. The third kappa shape index (κ3) is 3.45. The Morgan fingerprint density at radius 1 is 1.50 bits per heavy atom. The van der Waals surface area contributed by atoms with Crippen molar-refractivity contribution >= 4 is 11.6 Å². The van der Waals surface area contributed by atoms with E-state index in [1.807, 2.05) is 0 Å². The van der Waals surface area contributed by atoms with Crippen molar-refractivity contribution in [2.75, 3.05) is 20.3 Å². The minimum atomic E-state index is -0.0682. The van der Waals surface area contributed by atoms with Gasteiger partial charge in [-0.3, -0.25) is 0 Å². The van der Waals surface area contributed by atoms with Crippen LogP contribution in [-0.4, -0.2) is 35.4 Å². The van der Waals surface area contributed by atoms with Gasteiger partial charge in [-0.05, 0) is 0 Å². The molecule has 0 bridgehead atoms. The first-order chi connectivity index (χ1) is 6.76. The van der Waals surface area contributed by atoms with Crippen LogP contribution >= 0.6 is 11.6 Å². The highest BCUT2D eigenvalue weighted by atomic mass is 35.5. The van der Waals surface area contributed by atoms with E-state index in [0.717, 1.165) is 0 Å². The van der Waals surface area contributed by atoms with Crippen molar-refractivity contribution in [2.45, 2.75) is 6.61 Å². The van der Waals surface area contributed by atoms with Crippen LogP contribution in [0.2, 0.25) is 5.15 Å². The van der Waals surface area contributed by atoms with Gasteiger partial charge in [-0.25, -0.2) is 4.98 Å². The van der Waals surface area contributed by atoms with Crippen LogP contribution in [-0.2, 0) is 11.3 Å². The highest BCUT2D eigenvalue weighted by Gasteiger charge is 2.03. The first kappa shape index (κ1) is 11.2. The molecule has 6 heteroatoms. The van der Waals surface area contributed by atoms with Gasteiger partial charge >= 0.3 is 0 Å². The summed E-state index contributed by atoms with van der Waals surface area (Å²) in [6, 6.07) is 1.48. The van der Waals surface area contributed by atoms with E-state index >= 15 is 0 Å². The molecule has 0 radical (unpaired) electrons. The molecular weight excluding hydrogens is 208 g/mol. The normalized spacial score (nSPS) is 10.2. The molecule has 0 aliphatic rings. The van der Waals surface area contributed by atoms with Crippen molar-refractivity contribution in [1.82, 2.24) is 9.97 Å². The van der Waals surface area contributed by atoms with Gasteiger partial charge in [0.05, 0.1) is 6.61 Å². The van der Waals surface area contributed by atoms with Gasteiger partial charge in [-0.15, -0.1) is 0 Å². The van der Waals surface area contributed by atoms with E-state index in [1.54, 1.807) is 7.11 Å². The highest BCUT2D eigenvalue weighted by molar-refractivity contribution is 6.29. The molecule has 78 valence electrons. The zero-order valence-electron chi connectivity index (χ0n) is 7.73. The molecule has 0 amide bonds. The van der Waals surface area contributed by atoms with E-state index in [-0.39, 0.29) is 19.8 Å². The Labute approximate surface area is 86.7 Å². The third-order valence-electron chi connectivity index (χ3n) is 1.33. The lowest BCUT2D eigenvalue weighted by molar-refractivity contribution is 0.173. The monoisotopic (exact) mass is 218 g/mol. The molecule has 1 rings (SSSR count). The van der Waals surface area contributed by atoms with Crippen LogP contribution in [0.4, 0.5) is 0 Å². The maximum Gasteiger partial charge on any atom is 0.218 e. The molecule has 0 aliphatic heterocycles. The lowest BCUT2D eigenvalue weighted by Crippen LogP contribution is -2.05. The van der Waals surface area contributed by atoms with Gasteiger partial charge < -0.3 is 14.6 Å². The van der Waals surface area contributed by atoms with E-state index in [9.17, 15) is 0 Å². The summed E-state index contributed by atoms with van der Waals surface area (Å²) in [6.07, 6.45) is 0. The number of aliphatic hydroxyl groups excluding tert-OH is 1. The van der Waals surface area contributed by atoms with Crippen LogP contribution < -0.4 is 4.74 Å². The Hall–Kier alpha value is -0.910. The summed E-state index contributed by atoms with van der Waals surface area (Å²) in [6.45, 7) is 0.386. The summed E-state index contributed by atoms with van der Waals surface area (Å²) >= 11 is 5.72. The Kier molecular flexibility index (Phi) is 4.58. The molecule has 1 heterocycles. The Morgan fingerprint density at radius 2 is 2.29 bits per heavy atom. The maximum atomic E-state index is 8.54. The van der Waals surface area contributed by atoms with Crippen LogP contribution in [0, 0.1) is 0 Å². The van der Waals surface area contributed by atoms with Crippen molar-refractivity contribution in [1.29, 1.82) is 0 Å². The SMILES string of the molecule is COCc1nc(Cl)cc(OCCO)n1. The van der Waals surface area contributed by atoms with E-state index in [1.165, 1.54) is 6.07 Å². The minimum Gasteiger partial charge on any atom is -0.475 e. The number of aromatic nitrogens is 2. The Morgan fingerprint density at radius 3 is 2.93 bits per heavy atom. The fraction of sp³-hybridized carbons (Fsp3) is 0.500. The van der Waals surface area contributed by atoms with Crippen molar-refractivity contribution in [2.24, 2.45) is 0 Å². The summed E-state index contributed by atoms with van der Waals surface area (Å²) < 4.78 is 9.94. The number of methoxy groups -OCH3 is 1. The maximum absolute atomic E-state index is 8.54. The van der Waals surface area contributed by atoms with Crippen LogP contribution in [0.1, 0.15) is 5.82 Å². The largest absolute Gasteiger partial charge is 0.475 e. The lowest BCUT2D eigenvalue weighted by Gasteiger charge is -2.05. The molecule has 0 atom stereocenters. The van der Waals surface area contributed by atoms with Crippen LogP contribution in [0.5, 0.6) is 5.88 Å². The van der Waals surface area contributed by atoms with E-state index in [4.69, 9.17) is 26.2 Å². The number of hydrogen-bond donors (Lipinski definition) is 1. The van der Waals surface area contributed by atoms with Crippen molar-refractivity contribution in [3.8, 4) is 5.88 Å². The average Bonchev–Trinajstić information content (AvgIpc) is 2.14. The predicted octanol–water partition coefficient (Wildman–Crippen LogP) is 0.647. The number of rotatable bonds is 5. The van der Waals surface area contributed by atoms with E-state index in [2.05, 4.69) is 9.97 Å². The van der Waals surface area contributed by atoms with Crippen LogP contribution in [0.15, 0.2) is 6.07 Å². The highest BCUT2D eigenvalue weighted by Crippen LogP contribution is 2.13. The predicted molar refractivity (Wildman–Crippen MR) is 50.3 cm³/mol. The fourth-order valence-electron chi connectivity index (χ4n) is 0.860. The molecule has 0 fully saturated rings. The molecule has 0 spiro atoms. The Bertz CT molecular complexity index is 296. The van der Waals surface area contributed by atoms with Gasteiger partial charge in [-0.2, -0.15) is 4.98 Å². The van der Waals surface area contributed by atoms with Gasteiger partial charge in [0.1, 0.15) is 18.4 Å². The van der Waals surface area contributed by atoms with Crippen LogP contribution in [0.3, 0.4) is 0 Å². The second-order valence-corrected chi connectivity index (χ2v) is 2.84. The summed E-state index contributed by atoms with van der Waals surface area (Å²) in [5.74, 6) is 0.791. The van der Waals surface area contributed by atoms with Crippen molar-refractivity contribution < 1.29 is 14.6 Å². The third-order valence-corrected chi connectivity index (χ3v) is 1.53. The lowest BCUT2D eigenvalue weighted by atomic mass is 10.5. The van der Waals surface area contributed by atoms with Gasteiger partial charge in [0, 0.05) is 13.2 Å². The molecule has 0 saturated carbocycles. The molecule has 14 heavy (non-hydrogen) atoms. The van der Waals surface area contributed by atoms with Crippen LogP contribution in [0.25, 0.3) is 0 Å². The molecule has 0 aliphatic carbocycles. The zero-order chi connectivity index (χ0) is 10.4. The molecule has 1 aromatic heterocycles.